The van der Waals surface area contributed by atoms with Crippen molar-refractivity contribution in [3.63, 3.8) is 0 Å². The fourth-order valence-corrected chi connectivity index (χ4v) is 4.98. The summed E-state index contributed by atoms with van der Waals surface area (Å²) in [5, 5.41) is 28.5. The molecular formula is C18H30O6S2. The number of aliphatic hydroxyl groups is 2. The molecule has 1 aliphatic rings. The molecule has 6 nitrogen and oxygen atoms in total. The summed E-state index contributed by atoms with van der Waals surface area (Å²) in [6.45, 7) is 0.676. The summed E-state index contributed by atoms with van der Waals surface area (Å²) in [4.78, 5) is 22.6. The van der Waals surface area contributed by atoms with E-state index in [1.807, 2.05) is 0 Å². The van der Waals surface area contributed by atoms with Crippen molar-refractivity contribution >= 4 is 35.3 Å². The van der Waals surface area contributed by atoms with Crippen molar-refractivity contribution in [3.05, 3.63) is 12.2 Å². The number of aliphatic hydroxyl groups excluding tert-OH is 2. The second kappa shape index (κ2) is 13.6. The average Bonchev–Trinajstić information content (AvgIpc) is 2.85. The minimum absolute atomic E-state index is 0.0462. The van der Waals surface area contributed by atoms with Crippen molar-refractivity contribution < 1.29 is 29.6 Å². The predicted molar refractivity (Wildman–Crippen MR) is 106 cm³/mol. The number of ketones is 1. The van der Waals surface area contributed by atoms with E-state index in [-0.39, 0.29) is 29.1 Å². The first-order chi connectivity index (χ1) is 12.5. The molecule has 26 heavy (non-hydrogen) atoms. The number of hydrogen-bond acceptors (Lipinski definition) is 7. The Morgan fingerprint density at radius 1 is 1.35 bits per heavy atom. The molecule has 0 aliphatic heterocycles. The zero-order valence-corrected chi connectivity index (χ0v) is 16.8. The fourth-order valence-electron chi connectivity index (χ4n) is 2.79. The highest BCUT2D eigenvalue weighted by molar-refractivity contribution is 8.01. The van der Waals surface area contributed by atoms with Crippen LogP contribution in [0.4, 0.5) is 0 Å². The normalized spacial score (nSPS) is 24.4. The monoisotopic (exact) mass is 406 g/mol. The lowest BCUT2D eigenvalue weighted by Gasteiger charge is -2.17. The number of methoxy groups -OCH3 is 1. The molecule has 4 atom stereocenters. The zero-order chi connectivity index (χ0) is 19.4. The van der Waals surface area contributed by atoms with Gasteiger partial charge in [-0.05, 0) is 37.2 Å². The molecule has 3 N–H and O–H groups in total. The van der Waals surface area contributed by atoms with Crippen LogP contribution in [0.1, 0.15) is 32.1 Å². The number of carboxylic acid groups (broad SMARTS) is 1. The van der Waals surface area contributed by atoms with Crippen LogP contribution in [-0.4, -0.2) is 75.5 Å². The maximum Gasteiger partial charge on any atom is 0.313 e. The van der Waals surface area contributed by atoms with E-state index in [2.05, 4.69) is 0 Å². The Morgan fingerprint density at radius 3 is 2.81 bits per heavy atom. The molecule has 0 aromatic heterocycles. The third kappa shape index (κ3) is 9.41. The Labute approximate surface area is 163 Å². The van der Waals surface area contributed by atoms with Crippen molar-refractivity contribution in [3.8, 4) is 0 Å². The van der Waals surface area contributed by atoms with Gasteiger partial charge in [0.2, 0.25) is 0 Å². The van der Waals surface area contributed by atoms with Crippen molar-refractivity contribution in [2.45, 2.75) is 49.6 Å². The number of rotatable bonds is 14. The molecule has 8 heteroatoms. The van der Waals surface area contributed by atoms with Crippen LogP contribution in [0.25, 0.3) is 0 Å². The van der Waals surface area contributed by atoms with E-state index >= 15 is 0 Å². The van der Waals surface area contributed by atoms with Crippen LogP contribution in [0.2, 0.25) is 0 Å². The van der Waals surface area contributed by atoms with Crippen LogP contribution in [-0.2, 0) is 14.3 Å². The third-order valence-corrected chi connectivity index (χ3v) is 6.62. The molecular weight excluding hydrogens is 376 g/mol. The van der Waals surface area contributed by atoms with Gasteiger partial charge in [0.05, 0.1) is 23.2 Å². The van der Waals surface area contributed by atoms with Crippen LogP contribution in [0, 0.1) is 5.92 Å². The van der Waals surface area contributed by atoms with Crippen molar-refractivity contribution in [2.75, 3.05) is 31.0 Å². The van der Waals surface area contributed by atoms with Crippen molar-refractivity contribution in [1.82, 2.24) is 0 Å². The van der Waals surface area contributed by atoms with Crippen molar-refractivity contribution in [1.29, 1.82) is 0 Å². The van der Waals surface area contributed by atoms with Gasteiger partial charge in [-0.3, -0.25) is 9.59 Å². The SMILES string of the molecule is COCCCCC(O)/C=C/[C@H]1[C@H](O)CC(=O)[C@@H]1SCCCSCC(=O)O. The Morgan fingerprint density at radius 2 is 2.12 bits per heavy atom. The van der Waals surface area contributed by atoms with Gasteiger partial charge < -0.3 is 20.1 Å². The molecule has 1 rings (SSSR count). The quantitative estimate of drug-likeness (QED) is 0.297. The minimum atomic E-state index is -0.817. The summed E-state index contributed by atoms with van der Waals surface area (Å²) in [6.07, 6.45) is 5.57. The lowest BCUT2D eigenvalue weighted by atomic mass is 10.0. The molecule has 0 radical (unpaired) electrons. The van der Waals surface area contributed by atoms with E-state index in [9.17, 15) is 19.8 Å². The van der Waals surface area contributed by atoms with Gasteiger partial charge in [-0.1, -0.05) is 12.2 Å². The number of Topliss-reactive ketones (excluding diaryl/α,β-unsaturated/α-hetero) is 1. The lowest BCUT2D eigenvalue weighted by molar-refractivity contribution is -0.133. The molecule has 1 aliphatic carbocycles. The van der Waals surface area contributed by atoms with E-state index < -0.39 is 18.2 Å². The lowest BCUT2D eigenvalue weighted by Crippen LogP contribution is -2.22. The third-order valence-electron chi connectivity index (χ3n) is 4.13. The van der Waals surface area contributed by atoms with Gasteiger partial charge >= 0.3 is 5.97 Å². The molecule has 0 aromatic rings. The molecule has 0 spiro atoms. The number of thioether (sulfide) groups is 2. The first-order valence-electron chi connectivity index (χ1n) is 8.93. The largest absolute Gasteiger partial charge is 0.481 e. The van der Waals surface area contributed by atoms with E-state index in [4.69, 9.17) is 9.84 Å². The highest BCUT2D eigenvalue weighted by Crippen LogP contribution is 2.34. The van der Waals surface area contributed by atoms with E-state index in [1.165, 1.54) is 23.5 Å². The first-order valence-corrected chi connectivity index (χ1v) is 11.1. The van der Waals surface area contributed by atoms with E-state index in [1.54, 1.807) is 19.3 Å². The second-order valence-corrected chi connectivity index (χ2v) is 8.70. The molecule has 1 fully saturated rings. The number of carbonyl (C=O) groups is 2. The standard InChI is InChI=1S/C18H30O6S2/c1-24-8-3-2-5-13(19)6-7-14-15(20)11-16(21)18(14)26-10-4-9-25-12-17(22)23/h6-7,13-15,18-20H,2-5,8-12H2,1H3,(H,22,23)/b7-6+/t13?,14-,15+,18+/m0/s1. The predicted octanol–water partition coefficient (Wildman–Crippen LogP) is 1.98. The summed E-state index contributed by atoms with van der Waals surface area (Å²) in [5.41, 5.74) is 0. The fraction of sp³-hybridized carbons (Fsp3) is 0.778. The Kier molecular flexibility index (Phi) is 12.3. The van der Waals surface area contributed by atoms with Gasteiger partial charge in [-0.15, -0.1) is 11.8 Å². The van der Waals surface area contributed by atoms with Crippen LogP contribution >= 0.6 is 23.5 Å². The number of ether oxygens (including phenoxy) is 1. The van der Waals surface area contributed by atoms with Gasteiger partial charge in [0, 0.05) is 26.1 Å². The van der Waals surface area contributed by atoms with Crippen LogP contribution in [0.15, 0.2) is 12.2 Å². The molecule has 150 valence electrons. The van der Waals surface area contributed by atoms with Gasteiger partial charge in [0.1, 0.15) is 5.78 Å². The average molecular weight is 407 g/mol. The highest BCUT2D eigenvalue weighted by atomic mass is 32.2. The van der Waals surface area contributed by atoms with Gasteiger partial charge in [-0.25, -0.2) is 0 Å². The Balaban J connectivity index is 2.37. The van der Waals surface area contributed by atoms with Crippen LogP contribution in [0.5, 0.6) is 0 Å². The summed E-state index contributed by atoms with van der Waals surface area (Å²) >= 11 is 2.89. The second-order valence-electron chi connectivity index (χ2n) is 6.35. The van der Waals surface area contributed by atoms with Crippen LogP contribution < -0.4 is 0 Å². The maximum absolute atomic E-state index is 12.1. The Hall–Kier alpha value is -0.540. The maximum atomic E-state index is 12.1. The van der Waals surface area contributed by atoms with Crippen LogP contribution in [0.3, 0.4) is 0 Å². The van der Waals surface area contributed by atoms with E-state index in [0.29, 0.717) is 13.0 Å². The van der Waals surface area contributed by atoms with E-state index in [0.717, 1.165) is 30.8 Å². The van der Waals surface area contributed by atoms with Crippen molar-refractivity contribution in [2.24, 2.45) is 5.92 Å². The van der Waals surface area contributed by atoms with Gasteiger partial charge in [-0.2, -0.15) is 11.8 Å². The number of aliphatic carboxylic acids is 1. The molecule has 0 heterocycles. The summed E-state index contributed by atoms with van der Waals surface area (Å²) in [5.74, 6) is 0.545. The number of carbonyl (C=O) groups excluding carboxylic acids is 1. The molecule has 0 bridgehead atoms. The van der Waals surface area contributed by atoms with Gasteiger partial charge in [0.15, 0.2) is 0 Å². The number of hydrogen-bond donors (Lipinski definition) is 3. The first kappa shape index (κ1) is 23.5. The zero-order valence-electron chi connectivity index (χ0n) is 15.2. The molecule has 1 saturated carbocycles. The summed E-state index contributed by atoms with van der Waals surface area (Å²) < 4.78 is 4.97. The summed E-state index contributed by atoms with van der Waals surface area (Å²) in [7, 11) is 1.65. The minimum Gasteiger partial charge on any atom is -0.481 e. The number of carboxylic acids is 1. The Bertz CT molecular complexity index is 457. The summed E-state index contributed by atoms with van der Waals surface area (Å²) in [6, 6.07) is 0. The topological polar surface area (TPSA) is 104 Å². The highest BCUT2D eigenvalue weighted by Gasteiger charge is 2.40. The van der Waals surface area contributed by atoms with Gasteiger partial charge in [0.25, 0.3) is 0 Å². The molecule has 0 saturated heterocycles. The number of unbranched alkanes of at least 4 members (excludes halogenated alkanes) is 1. The molecule has 1 unspecified atom stereocenters. The molecule has 0 aromatic carbocycles. The molecule has 0 amide bonds. The smallest absolute Gasteiger partial charge is 0.313 e.